The summed E-state index contributed by atoms with van der Waals surface area (Å²) < 4.78 is 69.2. The van der Waals surface area contributed by atoms with Gasteiger partial charge in [-0.1, -0.05) is 6.07 Å². The number of H-pyrrole nitrogens is 1. The van der Waals surface area contributed by atoms with Crippen LogP contribution in [0.2, 0.25) is 0 Å². The van der Waals surface area contributed by atoms with Crippen LogP contribution in [0.3, 0.4) is 0 Å². The van der Waals surface area contributed by atoms with Crippen LogP contribution in [0, 0.1) is 5.82 Å². The summed E-state index contributed by atoms with van der Waals surface area (Å²) in [4.78, 5) is 2.67. The lowest BCUT2D eigenvalue weighted by molar-refractivity contribution is 0.0178. The number of nitrogens with zero attached hydrogens (tertiary/aromatic N) is 2. The number of benzene rings is 3. The summed E-state index contributed by atoms with van der Waals surface area (Å²) in [7, 11) is 0. The molecule has 40 heavy (non-hydrogen) atoms. The fraction of sp³-hybridized carbons (Fsp3) is 0.300. The number of fused-ring (bicyclic) bond motifs is 3. The summed E-state index contributed by atoms with van der Waals surface area (Å²) in [5.41, 5.74) is 0.608. The van der Waals surface area contributed by atoms with Gasteiger partial charge in [0.05, 0.1) is 23.3 Å². The maximum atomic E-state index is 14.6. The summed E-state index contributed by atoms with van der Waals surface area (Å²) in [5, 5.41) is 8.64. The minimum absolute atomic E-state index is 0.0313. The fourth-order valence-corrected chi connectivity index (χ4v) is 6.46. The zero-order valence-corrected chi connectivity index (χ0v) is 22.5. The number of aromatic amines is 1. The van der Waals surface area contributed by atoms with E-state index < -0.39 is 17.3 Å². The molecule has 208 valence electrons. The van der Waals surface area contributed by atoms with Gasteiger partial charge in [-0.25, -0.2) is 13.2 Å². The van der Waals surface area contributed by atoms with Gasteiger partial charge in [-0.2, -0.15) is 5.10 Å². The maximum Gasteiger partial charge on any atom is 0.271 e. The van der Waals surface area contributed by atoms with Gasteiger partial charge in [0.15, 0.2) is 5.75 Å². The molecule has 3 heterocycles. The van der Waals surface area contributed by atoms with Crippen molar-refractivity contribution in [3.05, 3.63) is 72.2 Å². The van der Waals surface area contributed by atoms with Gasteiger partial charge in [0.1, 0.15) is 23.4 Å². The third-order valence-electron chi connectivity index (χ3n) is 7.11. The van der Waals surface area contributed by atoms with Crippen LogP contribution in [-0.4, -0.2) is 47.5 Å². The number of halogens is 4. The molecular formula is C30H27F4N3O2S. The predicted octanol–water partition coefficient (Wildman–Crippen LogP) is 8.30. The van der Waals surface area contributed by atoms with Gasteiger partial charge in [-0.3, -0.25) is 14.4 Å². The van der Waals surface area contributed by atoms with Crippen LogP contribution in [0.5, 0.6) is 17.2 Å². The first kappa shape index (κ1) is 26.6. The van der Waals surface area contributed by atoms with Crippen molar-refractivity contribution in [2.45, 2.75) is 31.8 Å². The molecular weight excluding hydrogens is 542 g/mol. The molecule has 1 saturated heterocycles. The summed E-state index contributed by atoms with van der Waals surface area (Å²) in [5.74, 6) is -2.40. The van der Waals surface area contributed by atoms with Crippen LogP contribution in [0.25, 0.3) is 31.4 Å². The first-order valence-electron chi connectivity index (χ1n) is 13.1. The molecule has 1 fully saturated rings. The quantitative estimate of drug-likeness (QED) is 0.182. The van der Waals surface area contributed by atoms with Crippen molar-refractivity contribution in [1.29, 1.82) is 0 Å². The molecule has 0 aliphatic carbocycles. The van der Waals surface area contributed by atoms with Gasteiger partial charge in [0.25, 0.3) is 5.92 Å². The highest BCUT2D eigenvalue weighted by Crippen LogP contribution is 2.50. The number of rotatable bonds is 9. The molecule has 3 aromatic carbocycles. The van der Waals surface area contributed by atoms with Crippen molar-refractivity contribution in [3.8, 4) is 27.7 Å². The van der Waals surface area contributed by atoms with Crippen molar-refractivity contribution in [2.75, 3.05) is 26.3 Å². The predicted molar refractivity (Wildman–Crippen MR) is 149 cm³/mol. The number of alkyl halides is 3. The topological polar surface area (TPSA) is 50.4 Å². The lowest BCUT2D eigenvalue weighted by atomic mass is 10.00. The number of hydrogen-bond donors (Lipinski definition) is 1. The normalized spacial score (nSPS) is 16.3. The Balaban J connectivity index is 1.33. The lowest BCUT2D eigenvalue weighted by Gasteiger charge is -2.17. The van der Waals surface area contributed by atoms with Crippen molar-refractivity contribution in [1.82, 2.24) is 15.1 Å². The summed E-state index contributed by atoms with van der Waals surface area (Å²) >= 11 is 1.30. The zero-order chi connectivity index (χ0) is 27.9. The van der Waals surface area contributed by atoms with Crippen LogP contribution in [0.4, 0.5) is 17.6 Å². The molecule has 2 aromatic heterocycles. The van der Waals surface area contributed by atoms with E-state index in [4.69, 9.17) is 9.47 Å². The lowest BCUT2D eigenvalue weighted by Crippen LogP contribution is -2.26. The van der Waals surface area contributed by atoms with Crippen molar-refractivity contribution in [2.24, 2.45) is 0 Å². The maximum absolute atomic E-state index is 14.6. The van der Waals surface area contributed by atoms with E-state index in [0.29, 0.717) is 28.5 Å². The minimum Gasteiger partial charge on any atom is -0.489 e. The van der Waals surface area contributed by atoms with E-state index in [1.807, 2.05) is 24.3 Å². The standard InChI is InChI=1S/C30H27F4N3O2S/c1-30(33,34)25-15-18(32)3-8-22(25)29-27(23-9-10-26-24(16-35-36-26)28(23)40-29)39-20-6-4-19(5-7-20)38-21-11-14-37(17-21)13-2-12-31/h3-10,15-16,21H,2,11-14,17H2,1H3,(H,35,36)/t21-/m0/s1. The molecule has 5 nitrogen and oxygen atoms in total. The molecule has 0 bridgehead atoms. The highest BCUT2D eigenvalue weighted by molar-refractivity contribution is 7.23. The molecule has 0 spiro atoms. The Morgan fingerprint density at radius 1 is 1.07 bits per heavy atom. The highest BCUT2D eigenvalue weighted by atomic mass is 32.1. The second kappa shape index (κ2) is 10.7. The van der Waals surface area contributed by atoms with E-state index in [-0.39, 0.29) is 18.3 Å². The largest absolute Gasteiger partial charge is 0.489 e. The Bertz CT molecular complexity index is 1650. The zero-order valence-electron chi connectivity index (χ0n) is 21.7. The molecule has 0 unspecified atom stereocenters. The number of hydrogen-bond acceptors (Lipinski definition) is 5. The van der Waals surface area contributed by atoms with E-state index in [1.54, 1.807) is 18.3 Å². The Labute approximate surface area is 232 Å². The van der Waals surface area contributed by atoms with E-state index in [2.05, 4.69) is 15.1 Å². The molecule has 0 saturated carbocycles. The molecule has 6 rings (SSSR count). The van der Waals surface area contributed by atoms with Crippen LogP contribution in [-0.2, 0) is 5.92 Å². The molecule has 10 heteroatoms. The number of likely N-dealkylation sites (tertiary alicyclic amines) is 1. The molecule has 0 radical (unpaired) electrons. The van der Waals surface area contributed by atoms with Crippen molar-refractivity contribution < 1.29 is 27.0 Å². The van der Waals surface area contributed by atoms with E-state index in [0.717, 1.165) is 60.0 Å². The van der Waals surface area contributed by atoms with Gasteiger partial charge in [0.2, 0.25) is 0 Å². The molecule has 0 amide bonds. The average molecular weight is 570 g/mol. The Kier molecular flexibility index (Phi) is 7.14. The SMILES string of the molecule is CC(F)(F)c1cc(F)ccc1-c1sc2c(ccc3[nH]ncc32)c1Oc1ccc(O[C@H]2CCN(CCCF)C2)cc1. The number of ether oxygens (including phenoxy) is 2. The monoisotopic (exact) mass is 569 g/mol. The number of nitrogens with one attached hydrogen (secondary N) is 1. The van der Waals surface area contributed by atoms with Crippen LogP contribution in [0.1, 0.15) is 25.3 Å². The minimum atomic E-state index is -3.27. The second-order valence-electron chi connectivity index (χ2n) is 10.1. The van der Waals surface area contributed by atoms with Gasteiger partial charge >= 0.3 is 0 Å². The molecule has 1 N–H and O–H groups in total. The molecule has 1 aliphatic heterocycles. The highest BCUT2D eigenvalue weighted by Gasteiger charge is 2.31. The third kappa shape index (κ3) is 5.25. The summed E-state index contributed by atoms with van der Waals surface area (Å²) in [6.07, 6.45) is 3.12. The Hall–Kier alpha value is -3.63. The number of aromatic nitrogens is 2. The summed E-state index contributed by atoms with van der Waals surface area (Å²) in [6.45, 7) is 2.81. The fourth-order valence-electron chi connectivity index (χ4n) is 5.18. The number of thiophene rings is 1. The second-order valence-corrected chi connectivity index (χ2v) is 11.1. The van der Waals surface area contributed by atoms with E-state index >= 15 is 0 Å². The Morgan fingerprint density at radius 3 is 2.65 bits per heavy atom. The first-order chi connectivity index (χ1) is 19.3. The van der Waals surface area contributed by atoms with Gasteiger partial charge < -0.3 is 9.47 Å². The van der Waals surface area contributed by atoms with Crippen LogP contribution < -0.4 is 9.47 Å². The van der Waals surface area contributed by atoms with Gasteiger partial charge in [0, 0.05) is 53.2 Å². The smallest absolute Gasteiger partial charge is 0.271 e. The molecule has 5 aromatic rings. The first-order valence-corrected chi connectivity index (χ1v) is 13.9. The summed E-state index contributed by atoms with van der Waals surface area (Å²) in [6, 6.07) is 14.3. The van der Waals surface area contributed by atoms with Gasteiger partial charge in [-0.15, -0.1) is 11.3 Å². The Morgan fingerprint density at radius 2 is 1.88 bits per heavy atom. The third-order valence-corrected chi connectivity index (χ3v) is 8.37. The molecule has 1 atom stereocenters. The van der Waals surface area contributed by atoms with E-state index in [9.17, 15) is 17.6 Å². The van der Waals surface area contributed by atoms with Gasteiger partial charge in [-0.05, 0) is 61.4 Å². The average Bonchev–Trinajstić information content (AvgIpc) is 3.67. The van der Waals surface area contributed by atoms with E-state index in [1.165, 1.54) is 23.5 Å². The van der Waals surface area contributed by atoms with Crippen molar-refractivity contribution in [3.63, 3.8) is 0 Å². The van der Waals surface area contributed by atoms with Crippen LogP contribution in [0.15, 0.2) is 60.8 Å². The van der Waals surface area contributed by atoms with Crippen LogP contribution >= 0.6 is 11.3 Å². The van der Waals surface area contributed by atoms with Crippen molar-refractivity contribution >= 4 is 32.3 Å². The molecule has 1 aliphatic rings.